The van der Waals surface area contributed by atoms with Crippen LogP contribution in [0, 0.1) is 0 Å². The molecule has 0 bridgehead atoms. The quantitative estimate of drug-likeness (QED) is 0.0218. The lowest BCUT2D eigenvalue weighted by molar-refractivity contribution is -0.140. The number of hydrogen-bond acceptors (Lipinski definition) is 15. The zero-order valence-electron chi connectivity index (χ0n) is 45.6. The number of aliphatic hydroxyl groups excluding tert-OH is 1. The third-order valence-electron chi connectivity index (χ3n) is 12.0. The van der Waals surface area contributed by atoms with Crippen LogP contribution in [0.5, 0.6) is 11.5 Å². The maximum Gasteiger partial charge on any atom is 0.333 e. The first-order chi connectivity index (χ1) is 36.3. The van der Waals surface area contributed by atoms with E-state index in [-0.39, 0.29) is 57.5 Å². The fourth-order valence-corrected chi connectivity index (χ4v) is 7.73. The van der Waals surface area contributed by atoms with Crippen molar-refractivity contribution in [1.82, 2.24) is 4.90 Å². The standard InChI is InChI=1S/C40H54O8.C20H35NO6/c1-6-7-8-9-10-11-12-13-22-44-36-20-18-31(25-33(36)16-14-23-45-39(42)29(2)3)32-19-21-37(48-35-27-38(41)47-28-35)34(26-32)17-15-24-46-40(43)30(4)5;1-3-19(23)26-16-12-21(13-17-27-20(24)4-2)18-25-15-11-9-7-5-6-8-10-14-22/h18-21,25-26,35H,2,4,6-17,22-24,27-28H2,1,3,5H3;3-4,22H,1-2,5-18H2. The summed E-state index contributed by atoms with van der Waals surface area (Å²) >= 11 is 0. The molecule has 1 aliphatic heterocycles. The highest BCUT2D eigenvalue weighted by Crippen LogP contribution is 2.33. The van der Waals surface area contributed by atoms with Crippen molar-refractivity contribution in [2.45, 2.75) is 155 Å². The normalized spacial score (nSPS) is 12.7. The summed E-state index contributed by atoms with van der Waals surface area (Å²) in [5.41, 5.74) is 4.76. The average Bonchev–Trinajstić information content (AvgIpc) is 3.82. The molecule has 0 saturated carbocycles. The summed E-state index contributed by atoms with van der Waals surface area (Å²) in [5, 5.41) is 8.72. The van der Waals surface area contributed by atoms with Crippen molar-refractivity contribution < 1.29 is 67.0 Å². The number of ether oxygens (including phenoxy) is 8. The maximum atomic E-state index is 11.9. The second-order valence-electron chi connectivity index (χ2n) is 18.7. The van der Waals surface area contributed by atoms with Gasteiger partial charge in [-0.05, 0) is 105 Å². The highest BCUT2D eigenvalue weighted by molar-refractivity contribution is 5.87. The molecule has 0 aromatic heterocycles. The molecule has 2 aromatic carbocycles. The minimum absolute atomic E-state index is 0.211. The van der Waals surface area contributed by atoms with Crippen LogP contribution in [0.3, 0.4) is 0 Å². The third kappa shape index (κ3) is 31.0. The minimum Gasteiger partial charge on any atom is -0.493 e. The van der Waals surface area contributed by atoms with Gasteiger partial charge in [0.05, 0.1) is 33.0 Å². The van der Waals surface area contributed by atoms with E-state index < -0.39 is 17.9 Å². The topological polar surface area (TPSA) is 183 Å². The third-order valence-corrected chi connectivity index (χ3v) is 12.0. The highest BCUT2D eigenvalue weighted by Gasteiger charge is 2.26. The van der Waals surface area contributed by atoms with Crippen LogP contribution >= 0.6 is 0 Å². The molecule has 75 heavy (non-hydrogen) atoms. The number of rotatable bonds is 42. The summed E-state index contributed by atoms with van der Waals surface area (Å²) in [6.45, 7) is 23.7. The molecule has 15 heteroatoms. The first kappa shape index (κ1) is 65.3. The number of hydrogen-bond donors (Lipinski definition) is 1. The summed E-state index contributed by atoms with van der Waals surface area (Å²) in [4.78, 5) is 59.5. The molecule has 1 saturated heterocycles. The average molecular weight is 1050 g/mol. The van der Waals surface area contributed by atoms with Gasteiger partial charge in [0.2, 0.25) is 0 Å². The summed E-state index contributed by atoms with van der Waals surface area (Å²) in [6, 6.07) is 12.2. The van der Waals surface area contributed by atoms with Gasteiger partial charge in [-0.1, -0.05) is 122 Å². The fraction of sp³-hybridized carbons (Fsp3) is 0.583. The van der Waals surface area contributed by atoms with Gasteiger partial charge in [-0.15, -0.1) is 0 Å². The Morgan fingerprint density at radius 1 is 0.627 bits per heavy atom. The van der Waals surface area contributed by atoms with Gasteiger partial charge in [0.15, 0.2) is 0 Å². The number of esters is 5. The van der Waals surface area contributed by atoms with Crippen LogP contribution in [-0.4, -0.2) is 119 Å². The molecule has 0 radical (unpaired) electrons. The molecule has 1 heterocycles. The lowest BCUT2D eigenvalue weighted by atomic mass is 9.97. The van der Waals surface area contributed by atoms with Crippen LogP contribution in [0.1, 0.15) is 147 Å². The molecule has 3 rings (SSSR count). The summed E-state index contributed by atoms with van der Waals surface area (Å²) in [7, 11) is 0. The molecule has 1 fully saturated rings. The number of cyclic esters (lactones) is 1. The van der Waals surface area contributed by atoms with Crippen LogP contribution in [0.25, 0.3) is 11.1 Å². The molecule has 418 valence electrons. The van der Waals surface area contributed by atoms with Crippen LogP contribution in [0.4, 0.5) is 0 Å². The molecule has 1 N–H and O–H groups in total. The number of benzene rings is 2. The van der Waals surface area contributed by atoms with E-state index in [9.17, 15) is 24.0 Å². The SMILES string of the molecule is C=C(C)C(=O)OCCCc1cc(-c2ccc(OC3COC(=O)C3)c(CCCOC(=O)C(=C)C)c2)ccc1OCCCCCCCCCC.C=CC(=O)OCCN(CCOC(=O)C=C)COCCCCCCCCCO. The number of nitrogens with zero attached hydrogens (tertiary/aromatic N) is 1. The zero-order chi connectivity index (χ0) is 54.9. The van der Waals surface area contributed by atoms with Gasteiger partial charge in [0.25, 0.3) is 0 Å². The molecule has 1 unspecified atom stereocenters. The Bertz CT molecular complexity index is 2000. The van der Waals surface area contributed by atoms with Crippen molar-refractivity contribution in [3.05, 3.63) is 97.1 Å². The smallest absolute Gasteiger partial charge is 0.333 e. The Morgan fingerprint density at radius 3 is 1.59 bits per heavy atom. The van der Waals surface area contributed by atoms with E-state index in [0.717, 1.165) is 78.7 Å². The summed E-state index contributed by atoms with van der Waals surface area (Å²) in [5.74, 6) is -0.463. The fourth-order valence-electron chi connectivity index (χ4n) is 7.73. The first-order valence-electron chi connectivity index (χ1n) is 27.2. The van der Waals surface area contributed by atoms with Gasteiger partial charge in [0, 0.05) is 49.6 Å². The van der Waals surface area contributed by atoms with Crippen LogP contribution in [0.15, 0.2) is 86.0 Å². The summed E-state index contributed by atoms with van der Waals surface area (Å²) in [6.07, 6.45) is 22.2. The van der Waals surface area contributed by atoms with Gasteiger partial charge in [-0.25, -0.2) is 19.2 Å². The van der Waals surface area contributed by atoms with E-state index in [0.29, 0.717) is 82.2 Å². The van der Waals surface area contributed by atoms with Gasteiger partial charge >= 0.3 is 29.8 Å². The van der Waals surface area contributed by atoms with Gasteiger partial charge in [-0.2, -0.15) is 0 Å². The maximum absolute atomic E-state index is 11.9. The minimum atomic E-state index is -0.465. The van der Waals surface area contributed by atoms with E-state index in [1.165, 1.54) is 57.8 Å². The van der Waals surface area contributed by atoms with Crippen molar-refractivity contribution in [3.63, 3.8) is 0 Å². The van der Waals surface area contributed by atoms with Crippen molar-refractivity contribution >= 4 is 29.8 Å². The molecule has 1 aliphatic rings. The molecular weight excluding hydrogens is 959 g/mol. The lowest BCUT2D eigenvalue weighted by Crippen LogP contribution is -2.34. The van der Waals surface area contributed by atoms with Crippen molar-refractivity contribution in [2.24, 2.45) is 0 Å². The predicted molar refractivity (Wildman–Crippen MR) is 292 cm³/mol. The Labute approximate surface area is 448 Å². The molecule has 2 aromatic rings. The molecule has 0 aliphatic carbocycles. The van der Waals surface area contributed by atoms with E-state index in [1.54, 1.807) is 13.8 Å². The van der Waals surface area contributed by atoms with E-state index >= 15 is 0 Å². The van der Waals surface area contributed by atoms with Crippen LogP contribution in [0.2, 0.25) is 0 Å². The molecule has 0 amide bonds. The molecule has 15 nitrogen and oxygen atoms in total. The first-order valence-corrected chi connectivity index (χ1v) is 27.2. The Hall–Kier alpha value is -5.77. The van der Waals surface area contributed by atoms with E-state index in [4.69, 9.17) is 43.0 Å². The predicted octanol–water partition coefficient (Wildman–Crippen LogP) is 11.1. The number of aliphatic hydroxyl groups is 1. The Morgan fingerprint density at radius 2 is 1.11 bits per heavy atom. The van der Waals surface area contributed by atoms with Gasteiger partial charge in [0.1, 0.15) is 37.4 Å². The number of aryl methyl sites for hydroxylation is 2. The van der Waals surface area contributed by atoms with Crippen molar-refractivity contribution in [2.75, 3.05) is 72.7 Å². The lowest BCUT2D eigenvalue weighted by Gasteiger charge is -2.21. The number of carbonyl (C=O) groups excluding carboxylic acids is 5. The van der Waals surface area contributed by atoms with E-state index in [2.05, 4.69) is 51.4 Å². The monoisotopic (exact) mass is 1050 g/mol. The van der Waals surface area contributed by atoms with Crippen molar-refractivity contribution in [1.29, 1.82) is 0 Å². The Balaban J connectivity index is 0.000000606. The molecular formula is C60H89NO14. The molecule has 0 spiro atoms. The van der Waals surface area contributed by atoms with Gasteiger partial charge in [-0.3, -0.25) is 9.69 Å². The zero-order valence-corrected chi connectivity index (χ0v) is 45.6. The largest absolute Gasteiger partial charge is 0.493 e. The second-order valence-corrected chi connectivity index (χ2v) is 18.7. The number of unbranched alkanes of at least 4 members (excludes halogenated alkanes) is 13. The van der Waals surface area contributed by atoms with Crippen LogP contribution < -0.4 is 9.47 Å². The van der Waals surface area contributed by atoms with Gasteiger partial charge < -0.3 is 43.0 Å². The van der Waals surface area contributed by atoms with Crippen molar-refractivity contribution in [3.8, 4) is 22.6 Å². The second kappa shape index (κ2) is 41.5. The number of carbonyl (C=O) groups is 5. The van der Waals surface area contributed by atoms with E-state index in [1.807, 2.05) is 23.1 Å². The molecule has 1 atom stereocenters. The Kier molecular flexibility index (Phi) is 36.1. The van der Waals surface area contributed by atoms with Crippen LogP contribution in [-0.2, 0) is 65.2 Å². The highest BCUT2D eigenvalue weighted by atomic mass is 16.6. The summed E-state index contributed by atoms with van der Waals surface area (Å²) < 4.78 is 43.9.